The van der Waals surface area contributed by atoms with E-state index in [1.807, 2.05) is 5.48 Å². The Morgan fingerprint density at radius 2 is 1.88 bits per heavy atom. The van der Waals surface area contributed by atoms with Crippen molar-refractivity contribution in [3.05, 3.63) is 48.2 Å². The summed E-state index contributed by atoms with van der Waals surface area (Å²) >= 11 is 0. The number of hydrogen-bond acceptors (Lipinski definition) is 5. The molecule has 0 radical (unpaired) electrons. The first-order valence-electron chi connectivity index (χ1n) is 4.33. The first kappa shape index (κ1) is 12.4. The lowest BCUT2D eigenvalue weighted by molar-refractivity contribution is 0.0994. The molecule has 0 saturated heterocycles. The maximum atomic E-state index is 11.6. The minimum absolute atomic E-state index is 0.142. The van der Waals surface area contributed by atoms with E-state index in [1.165, 1.54) is 0 Å². The Morgan fingerprint density at radius 3 is 2.38 bits per heavy atom. The second kappa shape index (κ2) is 4.91. The van der Waals surface area contributed by atoms with E-state index >= 15 is 0 Å². The molecule has 0 amide bonds. The number of Topliss-reactive ketones (excluding diaryl/α,β-unsaturated/α-hetero) is 1. The van der Waals surface area contributed by atoms with Crippen molar-refractivity contribution in [2.75, 3.05) is 6.26 Å². The molecule has 1 N–H and O–H groups in total. The lowest BCUT2D eigenvalue weighted by Gasteiger charge is -2.06. The summed E-state index contributed by atoms with van der Waals surface area (Å²) in [5.74, 6) is -0.427. The molecule has 1 aromatic rings. The highest BCUT2D eigenvalue weighted by molar-refractivity contribution is 7.85. The van der Waals surface area contributed by atoms with Crippen LogP contribution in [-0.2, 0) is 14.4 Å². The van der Waals surface area contributed by atoms with Crippen LogP contribution in [0.1, 0.15) is 10.4 Å². The molecule has 1 rings (SSSR count). The molecule has 1 aromatic carbocycles. The van der Waals surface area contributed by atoms with Gasteiger partial charge in [-0.1, -0.05) is 36.9 Å². The molecule has 0 atom stereocenters. The minimum atomic E-state index is -3.66. The van der Waals surface area contributed by atoms with Crippen LogP contribution in [0.25, 0.3) is 0 Å². The number of carbonyl (C=O) groups excluding carboxylic acids is 1. The lowest BCUT2D eigenvalue weighted by atomic mass is 10.1. The highest BCUT2D eigenvalue weighted by Crippen LogP contribution is 2.04. The standard InChI is InChI=1S/C10H11NO4S/c1-8(11-15-16(2,13)14)10(12)9-6-4-3-5-7-9/h3-7,11H,1H2,2H3. The number of benzene rings is 1. The molecule has 6 heteroatoms. The van der Waals surface area contributed by atoms with Crippen LogP contribution >= 0.6 is 0 Å². The topological polar surface area (TPSA) is 72.5 Å². The van der Waals surface area contributed by atoms with Crippen LogP contribution in [0.15, 0.2) is 42.6 Å². The molecule has 0 aliphatic rings. The number of hydrogen-bond donors (Lipinski definition) is 1. The van der Waals surface area contributed by atoms with Gasteiger partial charge in [0.25, 0.3) is 10.1 Å². The van der Waals surface area contributed by atoms with Crippen LogP contribution < -0.4 is 5.48 Å². The molecule has 5 nitrogen and oxygen atoms in total. The Hall–Kier alpha value is -1.66. The van der Waals surface area contributed by atoms with Crippen molar-refractivity contribution in [1.82, 2.24) is 5.48 Å². The van der Waals surface area contributed by atoms with Gasteiger partial charge in [-0.3, -0.25) is 4.79 Å². The Kier molecular flexibility index (Phi) is 3.81. The van der Waals surface area contributed by atoms with E-state index in [4.69, 9.17) is 0 Å². The number of ketones is 1. The Balaban J connectivity index is 2.66. The number of allylic oxidation sites excluding steroid dienone is 1. The fraction of sp³-hybridized carbons (Fsp3) is 0.100. The zero-order valence-corrected chi connectivity index (χ0v) is 9.45. The number of carbonyl (C=O) groups is 1. The maximum Gasteiger partial charge on any atom is 0.284 e. The van der Waals surface area contributed by atoms with Gasteiger partial charge in [-0.05, 0) is 0 Å². The molecule has 0 aliphatic carbocycles. The number of rotatable bonds is 5. The minimum Gasteiger partial charge on any atom is -0.287 e. The van der Waals surface area contributed by atoms with E-state index in [1.54, 1.807) is 30.3 Å². The summed E-state index contributed by atoms with van der Waals surface area (Å²) in [5.41, 5.74) is 2.25. The molecule has 0 spiro atoms. The predicted octanol–water partition coefficient (Wildman–Crippen LogP) is 0.864. The highest BCUT2D eigenvalue weighted by Gasteiger charge is 2.11. The Morgan fingerprint density at radius 1 is 1.31 bits per heavy atom. The van der Waals surface area contributed by atoms with Crippen molar-refractivity contribution in [2.45, 2.75) is 0 Å². The molecular weight excluding hydrogens is 230 g/mol. The van der Waals surface area contributed by atoms with Gasteiger partial charge < -0.3 is 0 Å². The van der Waals surface area contributed by atoms with E-state index in [0.717, 1.165) is 6.26 Å². The monoisotopic (exact) mass is 241 g/mol. The first-order valence-corrected chi connectivity index (χ1v) is 6.15. The zero-order valence-electron chi connectivity index (χ0n) is 8.64. The molecule has 86 valence electrons. The summed E-state index contributed by atoms with van der Waals surface area (Å²) in [4.78, 5) is 11.6. The van der Waals surface area contributed by atoms with Gasteiger partial charge in [0.1, 0.15) is 5.70 Å². The molecule has 0 heterocycles. The summed E-state index contributed by atoms with van der Waals surface area (Å²) in [7, 11) is -3.66. The molecule has 0 unspecified atom stereocenters. The molecule has 0 aliphatic heterocycles. The van der Waals surface area contributed by atoms with Gasteiger partial charge in [0.15, 0.2) is 0 Å². The summed E-state index contributed by atoms with van der Waals surface area (Å²) in [6.07, 6.45) is 0.861. The van der Waals surface area contributed by atoms with Gasteiger partial charge in [-0.25, -0.2) is 5.48 Å². The van der Waals surface area contributed by atoms with E-state index in [9.17, 15) is 13.2 Å². The SMILES string of the molecule is C=C(NOS(C)(=O)=O)C(=O)c1ccccc1. The van der Waals surface area contributed by atoms with Crippen LogP contribution in [0.4, 0.5) is 0 Å². The number of nitrogens with one attached hydrogen (secondary N) is 1. The second-order valence-electron chi connectivity index (χ2n) is 3.06. The van der Waals surface area contributed by atoms with Gasteiger partial charge >= 0.3 is 0 Å². The Labute approximate surface area is 93.8 Å². The van der Waals surface area contributed by atoms with Crippen molar-refractivity contribution in [3.8, 4) is 0 Å². The van der Waals surface area contributed by atoms with Gasteiger partial charge in [-0.15, -0.1) is 0 Å². The smallest absolute Gasteiger partial charge is 0.284 e. The van der Waals surface area contributed by atoms with Crippen molar-refractivity contribution < 1.29 is 17.5 Å². The van der Waals surface area contributed by atoms with Gasteiger partial charge in [0.05, 0.1) is 6.26 Å². The van der Waals surface area contributed by atoms with Gasteiger partial charge in [0, 0.05) is 5.56 Å². The normalized spacial score (nSPS) is 10.8. The summed E-state index contributed by atoms with van der Waals surface area (Å²) in [6, 6.07) is 8.33. The molecule has 0 aromatic heterocycles. The third kappa shape index (κ3) is 3.84. The van der Waals surface area contributed by atoms with Crippen molar-refractivity contribution in [2.24, 2.45) is 0 Å². The lowest BCUT2D eigenvalue weighted by Crippen LogP contribution is -2.23. The third-order valence-corrected chi connectivity index (χ3v) is 2.01. The van der Waals surface area contributed by atoms with E-state index in [-0.39, 0.29) is 5.70 Å². The highest BCUT2D eigenvalue weighted by atomic mass is 32.2. The predicted molar refractivity (Wildman–Crippen MR) is 59.0 cm³/mol. The van der Waals surface area contributed by atoms with E-state index in [2.05, 4.69) is 10.9 Å². The second-order valence-corrected chi connectivity index (χ2v) is 4.64. The summed E-state index contributed by atoms with van der Waals surface area (Å²) < 4.78 is 25.6. The average Bonchev–Trinajstić information content (AvgIpc) is 2.25. The van der Waals surface area contributed by atoms with Crippen LogP contribution in [0.2, 0.25) is 0 Å². The third-order valence-electron chi connectivity index (χ3n) is 1.63. The quantitative estimate of drug-likeness (QED) is 0.470. The summed E-state index contributed by atoms with van der Waals surface area (Å²) in [6.45, 7) is 3.38. The van der Waals surface area contributed by atoms with E-state index < -0.39 is 15.9 Å². The van der Waals surface area contributed by atoms with E-state index in [0.29, 0.717) is 5.56 Å². The molecule has 0 fully saturated rings. The molecule has 0 saturated carbocycles. The van der Waals surface area contributed by atoms with Crippen molar-refractivity contribution in [3.63, 3.8) is 0 Å². The Bertz CT molecular complexity index is 493. The van der Waals surface area contributed by atoms with Crippen LogP contribution in [0.3, 0.4) is 0 Å². The summed E-state index contributed by atoms with van der Waals surface area (Å²) in [5, 5.41) is 0. The van der Waals surface area contributed by atoms with Crippen molar-refractivity contribution >= 4 is 15.9 Å². The van der Waals surface area contributed by atoms with Crippen LogP contribution in [0, 0.1) is 0 Å². The average molecular weight is 241 g/mol. The largest absolute Gasteiger partial charge is 0.287 e. The zero-order chi connectivity index (χ0) is 12.2. The maximum absolute atomic E-state index is 11.6. The van der Waals surface area contributed by atoms with Crippen LogP contribution in [0.5, 0.6) is 0 Å². The number of hydroxylamine groups is 1. The fourth-order valence-electron chi connectivity index (χ4n) is 0.936. The molecule has 16 heavy (non-hydrogen) atoms. The van der Waals surface area contributed by atoms with Gasteiger partial charge in [-0.2, -0.15) is 12.7 Å². The van der Waals surface area contributed by atoms with Crippen LogP contribution in [-0.4, -0.2) is 20.5 Å². The van der Waals surface area contributed by atoms with Gasteiger partial charge in [0.2, 0.25) is 5.78 Å². The molecular formula is C10H11NO4S. The fourth-order valence-corrected chi connectivity index (χ4v) is 1.19. The molecule has 0 bridgehead atoms. The van der Waals surface area contributed by atoms with Crippen molar-refractivity contribution in [1.29, 1.82) is 0 Å². The first-order chi connectivity index (χ1) is 7.40.